The number of aromatic nitrogens is 2. The number of benzene rings is 1. The van der Waals surface area contributed by atoms with E-state index < -0.39 is 0 Å². The van der Waals surface area contributed by atoms with Crippen LogP contribution >= 0.6 is 11.6 Å². The Bertz CT molecular complexity index is 582. The third kappa shape index (κ3) is 2.26. The van der Waals surface area contributed by atoms with Crippen LogP contribution in [0.5, 0.6) is 0 Å². The quantitative estimate of drug-likeness (QED) is 0.785. The number of hydrogen-bond acceptors (Lipinski definition) is 2. The maximum atomic E-state index is 6.11. The summed E-state index contributed by atoms with van der Waals surface area (Å²) in [5.74, 6) is 1.50. The molecule has 1 saturated heterocycles. The zero-order valence-electron chi connectivity index (χ0n) is 11.6. The lowest BCUT2D eigenvalue weighted by molar-refractivity contribution is 0.222. The Hall–Kier alpha value is -1.06. The van der Waals surface area contributed by atoms with E-state index in [1.54, 1.807) is 0 Å². The number of hydrogen-bond donors (Lipinski definition) is 0. The molecule has 1 aliphatic heterocycles. The van der Waals surface area contributed by atoms with Gasteiger partial charge in [-0.1, -0.05) is 12.1 Å². The Balaban J connectivity index is 2.10. The van der Waals surface area contributed by atoms with Gasteiger partial charge in [-0.15, -0.1) is 11.6 Å². The smallest absolute Gasteiger partial charge is 0.125 e. The highest BCUT2D eigenvalue weighted by atomic mass is 35.5. The predicted octanol–water partition coefficient (Wildman–Crippen LogP) is 3.35. The molecule has 19 heavy (non-hydrogen) atoms. The SMILES string of the molecule is Cc1cccc2nc(CCl)n(C3CCN(C)CC3)c12. The molecule has 0 atom stereocenters. The molecule has 0 N–H and O–H groups in total. The fraction of sp³-hybridized carbons (Fsp3) is 0.533. The lowest BCUT2D eigenvalue weighted by Gasteiger charge is -2.31. The van der Waals surface area contributed by atoms with Gasteiger partial charge in [0.05, 0.1) is 16.9 Å². The molecule has 1 aliphatic rings. The van der Waals surface area contributed by atoms with Crippen LogP contribution in [-0.2, 0) is 5.88 Å². The molecule has 0 spiro atoms. The van der Waals surface area contributed by atoms with Gasteiger partial charge in [-0.05, 0) is 51.5 Å². The van der Waals surface area contributed by atoms with Gasteiger partial charge in [0.15, 0.2) is 0 Å². The van der Waals surface area contributed by atoms with E-state index in [2.05, 4.69) is 41.6 Å². The van der Waals surface area contributed by atoms with Crippen LogP contribution in [-0.4, -0.2) is 34.6 Å². The molecule has 0 bridgehead atoms. The van der Waals surface area contributed by atoms with Gasteiger partial charge in [0.25, 0.3) is 0 Å². The van der Waals surface area contributed by atoms with Crippen molar-refractivity contribution in [1.29, 1.82) is 0 Å². The molecule has 1 aromatic heterocycles. The van der Waals surface area contributed by atoms with E-state index in [9.17, 15) is 0 Å². The molecular formula is C15H20ClN3. The van der Waals surface area contributed by atoms with Crippen LogP contribution in [0.3, 0.4) is 0 Å². The van der Waals surface area contributed by atoms with Crippen molar-refractivity contribution in [2.24, 2.45) is 0 Å². The number of piperidine rings is 1. The van der Waals surface area contributed by atoms with E-state index in [1.807, 2.05) is 0 Å². The van der Waals surface area contributed by atoms with Crippen LogP contribution in [0.1, 0.15) is 30.3 Å². The van der Waals surface area contributed by atoms with E-state index in [0.29, 0.717) is 11.9 Å². The number of halogens is 1. The van der Waals surface area contributed by atoms with Gasteiger partial charge >= 0.3 is 0 Å². The fourth-order valence-electron chi connectivity index (χ4n) is 3.11. The van der Waals surface area contributed by atoms with Gasteiger partial charge in [-0.3, -0.25) is 0 Å². The average molecular weight is 278 g/mol. The Labute approximate surface area is 119 Å². The Morgan fingerprint density at radius 1 is 1.32 bits per heavy atom. The van der Waals surface area contributed by atoms with Crippen LogP contribution in [0, 0.1) is 6.92 Å². The summed E-state index contributed by atoms with van der Waals surface area (Å²) in [5.41, 5.74) is 3.64. The number of rotatable bonds is 2. The minimum absolute atomic E-state index is 0.487. The van der Waals surface area contributed by atoms with Crippen LogP contribution in [0.15, 0.2) is 18.2 Å². The van der Waals surface area contributed by atoms with Crippen molar-refractivity contribution < 1.29 is 0 Å². The topological polar surface area (TPSA) is 21.1 Å². The molecule has 2 aromatic rings. The first kappa shape index (κ1) is 12.9. The van der Waals surface area contributed by atoms with E-state index in [1.165, 1.54) is 23.9 Å². The largest absolute Gasteiger partial charge is 0.324 e. The van der Waals surface area contributed by atoms with Gasteiger partial charge in [0.1, 0.15) is 5.82 Å². The third-order valence-electron chi connectivity index (χ3n) is 4.16. The molecule has 1 aromatic carbocycles. The normalized spacial score (nSPS) is 18.3. The van der Waals surface area contributed by atoms with Crippen molar-refractivity contribution in [3.63, 3.8) is 0 Å². The van der Waals surface area contributed by atoms with Crippen molar-refractivity contribution in [2.75, 3.05) is 20.1 Å². The predicted molar refractivity (Wildman–Crippen MR) is 79.8 cm³/mol. The number of alkyl halides is 1. The molecule has 0 saturated carbocycles. The summed E-state index contributed by atoms with van der Waals surface area (Å²) in [5, 5.41) is 0. The van der Waals surface area contributed by atoms with Gasteiger partial charge in [0.2, 0.25) is 0 Å². The van der Waals surface area contributed by atoms with Gasteiger partial charge in [-0.25, -0.2) is 4.98 Å². The lowest BCUT2D eigenvalue weighted by atomic mass is 10.0. The second-order valence-corrected chi connectivity index (χ2v) is 5.78. The fourth-order valence-corrected chi connectivity index (χ4v) is 3.30. The van der Waals surface area contributed by atoms with Gasteiger partial charge in [-0.2, -0.15) is 0 Å². The lowest BCUT2D eigenvalue weighted by Crippen LogP contribution is -2.32. The van der Waals surface area contributed by atoms with Crippen LogP contribution in [0.25, 0.3) is 11.0 Å². The molecule has 0 amide bonds. The van der Waals surface area contributed by atoms with Crippen molar-refractivity contribution in [3.05, 3.63) is 29.6 Å². The highest BCUT2D eigenvalue weighted by Crippen LogP contribution is 2.30. The summed E-state index contributed by atoms with van der Waals surface area (Å²) < 4.78 is 2.39. The first-order chi connectivity index (χ1) is 9.20. The van der Waals surface area contributed by atoms with Crippen LogP contribution in [0.4, 0.5) is 0 Å². The zero-order valence-corrected chi connectivity index (χ0v) is 12.3. The first-order valence-electron chi connectivity index (χ1n) is 6.91. The molecule has 4 heteroatoms. The number of nitrogens with zero attached hydrogens (tertiary/aromatic N) is 3. The summed E-state index contributed by atoms with van der Waals surface area (Å²) in [7, 11) is 2.19. The molecule has 102 valence electrons. The van der Waals surface area contributed by atoms with Crippen molar-refractivity contribution in [1.82, 2.24) is 14.5 Å². The Morgan fingerprint density at radius 3 is 2.74 bits per heavy atom. The van der Waals surface area contributed by atoms with E-state index in [0.717, 1.165) is 24.4 Å². The number of likely N-dealkylation sites (tertiary alicyclic amines) is 1. The third-order valence-corrected chi connectivity index (χ3v) is 4.40. The summed E-state index contributed by atoms with van der Waals surface area (Å²) >= 11 is 6.11. The molecule has 0 aliphatic carbocycles. The number of fused-ring (bicyclic) bond motifs is 1. The minimum Gasteiger partial charge on any atom is -0.324 e. The molecule has 3 nitrogen and oxygen atoms in total. The molecule has 3 rings (SSSR count). The second-order valence-electron chi connectivity index (χ2n) is 5.51. The van der Waals surface area contributed by atoms with Crippen LogP contribution < -0.4 is 0 Å². The number of imidazole rings is 1. The molecular weight excluding hydrogens is 258 g/mol. The number of para-hydroxylation sites is 1. The summed E-state index contributed by atoms with van der Waals surface area (Å²) in [6, 6.07) is 6.86. The average Bonchev–Trinajstić information content (AvgIpc) is 2.80. The molecule has 0 unspecified atom stereocenters. The first-order valence-corrected chi connectivity index (χ1v) is 7.45. The maximum absolute atomic E-state index is 6.11. The highest BCUT2D eigenvalue weighted by Gasteiger charge is 2.23. The van der Waals surface area contributed by atoms with E-state index in [4.69, 9.17) is 16.6 Å². The van der Waals surface area contributed by atoms with Crippen molar-refractivity contribution in [3.8, 4) is 0 Å². The standard InChI is InChI=1S/C15H20ClN3/c1-11-4-3-5-13-15(11)19(14(10-16)17-13)12-6-8-18(2)9-7-12/h3-5,12H,6-10H2,1-2H3. The summed E-state index contributed by atoms with van der Waals surface area (Å²) in [4.78, 5) is 7.10. The van der Waals surface area contributed by atoms with Crippen molar-refractivity contribution in [2.45, 2.75) is 31.7 Å². The monoisotopic (exact) mass is 277 g/mol. The molecule has 1 fully saturated rings. The summed E-state index contributed by atoms with van der Waals surface area (Å²) in [6.07, 6.45) is 2.36. The van der Waals surface area contributed by atoms with Crippen LogP contribution in [0.2, 0.25) is 0 Å². The highest BCUT2D eigenvalue weighted by molar-refractivity contribution is 6.16. The van der Waals surface area contributed by atoms with Gasteiger partial charge in [0, 0.05) is 6.04 Å². The zero-order chi connectivity index (χ0) is 13.4. The number of aryl methyl sites for hydroxylation is 1. The minimum atomic E-state index is 0.487. The van der Waals surface area contributed by atoms with E-state index >= 15 is 0 Å². The molecule has 0 radical (unpaired) electrons. The maximum Gasteiger partial charge on any atom is 0.125 e. The van der Waals surface area contributed by atoms with Crippen molar-refractivity contribution >= 4 is 22.6 Å². The van der Waals surface area contributed by atoms with Gasteiger partial charge < -0.3 is 9.47 Å². The molecule has 2 heterocycles. The Morgan fingerprint density at radius 2 is 2.05 bits per heavy atom. The Kier molecular flexibility index (Phi) is 3.50. The summed E-state index contributed by atoms with van der Waals surface area (Å²) in [6.45, 7) is 4.46. The second kappa shape index (κ2) is 5.14. The van der Waals surface area contributed by atoms with E-state index in [-0.39, 0.29) is 0 Å².